The minimum Gasteiger partial charge on any atom is -0.398 e. The summed E-state index contributed by atoms with van der Waals surface area (Å²) in [6.07, 6.45) is 0.772. The van der Waals surface area contributed by atoms with E-state index < -0.39 is 0 Å². The number of guanidine groups is 1. The Bertz CT molecular complexity index is 429. The number of hydrogen-bond donors (Lipinski definition) is 3. The first-order valence-electron chi connectivity index (χ1n) is 4.72. The van der Waals surface area contributed by atoms with Gasteiger partial charge in [0.05, 0.1) is 12.3 Å². The van der Waals surface area contributed by atoms with Crippen LogP contribution in [0.15, 0.2) is 29.4 Å². The van der Waals surface area contributed by atoms with Crippen molar-refractivity contribution in [3.8, 4) is 0 Å². The highest BCUT2D eigenvalue weighted by molar-refractivity contribution is 6.06. The number of rotatable bonds is 1. The van der Waals surface area contributed by atoms with Crippen LogP contribution in [-0.4, -0.2) is 23.2 Å². The van der Waals surface area contributed by atoms with Crippen LogP contribution < -0.4 is 11.5 Å². The Kier molecular flexibility index (Phi) is 3.73. The Morgan fingerprint density at radius 3 is 2.62 bits per heavy atom. The van der Waals surface area contributed by atoms with Gasteiger partial charge in [0, 0.05) is 17.7 Å². The summed E-state index contributed by atoms with van der Waals surface area (Å²) in [7, 11) is 0. The van der Waals surface area contributed by atoms with E-state index >= 15 is 0 Å². The van der Waals surface area contributed by atoms with Gasteiger partial charge in [-0.2, -0.15) is 5.10 Å². The van der Waals surface area contributed by atoms with Crippen molar-refractivity contribution in [1.29, 1.82) is 5.41 Å². The molecule has 0 atom stereocenters. The Hall–Kier alpha value is -1.75. The molecule has 16 heavy (non-hydrogen) atoms. The molecule has 0 saturated carbocycles. The average molecular weight is 240 g/mol. The Morgan fingerprint density at radius 2 is 2.06 bits per heavy atom. The highest BCUT2D eigenvalue weighted by Crippen LogP contribution is 2.18. The van der Waals surface area contributed by atoms with Gasteiger partial charge >= 0.3 is 0 Å². The first-order valence-corrected chi connectivity index (χ1v) is 4.72. The smallest absolute Gasteiger partial charge is 0.209 e. The van der Waals surface area contributed by atoms with Crippen LogP contribution in [0, 0.1) is 5.41 Å². The van der Waals surface area contributed by atoms with E-state index in [1.807, 2.05) is 24.3 Å². The van der Waals surface area contributed by atoms with E-state index in [4.69, 9.17) is 16.9 Å². The second-order valence-electron chi connectivity index (χ2n) is 3.39. The highest BCUT2D eigenvalue weighted by Gasteiger charge is 2.18. The predicted octanol–water partition coefficient (Wildman–Crippen LogP) is 0.994. The van der Waals surface area contributed by atoms with Crippen LogP contribution in [-0.2, 0) is 0 Å². The molecule has 0 aliphatic carbocycles. The van der Waals surface area contributed by atoms with Crippen LogP contribution >= 0.6 is 12.4 Å². The van der Waals surface area contributed by atoms with E-state index in [0.717, 1.165) is 17.7 Å². The summed E-state index contributed by atoms with van der Waals surface area (Å²) < 4.78 is 0. The number of nitrogen functional groups attached to an aromatic ring is 1. The van der Waals surface area contributed by atoms with Crippen molar-refractivity contribution in [3.05, 3.63) is 29.8 Å². The fourth-order valence-electron chi connectivity index (χ4n) is 1.58. The summed E-state index contributed by atoms with van der Waals surface area (Å²) >= 11 is 0. The molecule has 5 N–H and O–H groups in total. The van der Waals surface area contributed by atoms with Gasteiger partial charge in [0.25, 0.3) is 0 Å². The molecule has 6 heteroatoms. The first-order chi connectivity index (χ1) is 7.18. The molecule has 0 bridgehead atoms. The van der Waals surface area contributed by atoms with Crippen LogP contribution in [0.1, 0.15) is 12.0 Å². The Balaban J connectivity index is 0.00000128. The zero-order valence-electron chi connectivity index (χ0n) is 8.68. The number of benzene rings is 1. The van der Waals surface area contributed by atoms with Gasteiger partial charge in [-0.1, -0.05) is 18.2 Å². The Morgan fingerprint density at radius 1 is 1.38 bits per heavy atom. The quantitative estimate of drug-likeness (QED) is 0.388. The highest BCUT2D eigenvalue weighted by atomic mass is 35.5. The van der Waals surface area contributed by atoms with E-state index in [1.165, 1.54) is 5.01 Å². The van der Waals surface area contributed by atoms with E-state index in [2.05, 4.69) is 5.10 Å². The lowest BCUT2D eigenvalue weighted by Crippen LogP contribution is -2.29. The molecule has 0 radical (unpaired) electrons. The number of anilines is 1. The molecule has 86 valence electrons. The fraction of sp³-hybridized carbons (Fsp3) is 0.200. The van der Waals surface area contributed by atoms with Crippen molar-refractivity contribution < 1.29 is 0 Å². The SMILES string of the molecule is Cl.N=C(N)N1CCC(c2ccccc2N)=N1. The molecule has 2 rings (SSSR count). The number of hydrogen-bond acceptors (Lipinski definition) is 3. The third kappa shape index (κ3) is 2.25. The van der Waals surface area contributed by atoms with Crippen LogP contribution in [0.4, 0.5) is 5.69 Å². The number of hydrazone groups is 1. The van der Waals surface area contributed by atoms with Crippen molar-refractivity contribution >= 4 is 29.8 Å². The monoisotopic (exact) mass is 239 g/mol. The summed E-state index contributed by atoms with van der Waals surface area (Å²) in [5, 5.41) is 13.0. The van der Waals surface area contributed by atoms with Gasteiger partial charge in [0.1, 0.15) is 0 Å². The van der Waals surface area contributed by atoms with Gasteiger partial charge in [0.15, 0.2) is 0 Å². The number of nitrogens with one attached hydrogen (secondary N) is 1. The fourth-order valence-corrected chi connectivity index (χ4v) is 1.58. The average Bonchev–Trinajstić information content (AvgIpc) is 2.67. The van der Waals surface area contributed by atoms with Gasteiger partial charge in [-0.3, -0.25) is 5.41 Å². The maximum absolute atomic E-state index is 7.26. The standard InChI is InChI=1S/C10H13N5.ClH/c11-8-4-2-1-3-7(8)9-5-6-15(14-9)10(12)13;/h1-4H,5-6,11H2,(H3,12,13);1H. The molecular weight excluding hydrogens is 226 g/mol. The molecule has 1 aliphatic rings. The van der Waals surface area contributed by atoms with Gasteiger partial charge in [-0.05, 0) is 6.07 Å². The molecule has 1 heterocycles. The summed E-state index contributed by atoms with van der Waals surface area (Å²) in [5.41, 5.74) is 13.7. The topological polar surface area (TPSA) is 91.5 Å². The number of halogens is 1. The van der Waals surface area contributed by atoms with Crippen LogP contribution in [0.5, 0.6) is 0 Å². The maximum Gasteiger partial charge on any atom is 0.209 e. The van der Waals surface area contributed by atoms with Crippen molar-refractivity contribution in [3.63, 3.8) is 0 Å². The third-order valence-electron chi connectivity index (χ3n) is 2.35. The van der Waals surface area contributed by atoms with Crippen molar-refractivity contribution in [2.45, 2.75) is 6.42 Å². The summed E-state index contributed by atoms with van der Waals surface area (Å²) in [5.74, 6) is -0.0282. The van der Waals surface area contributed by atoms with Gasteiger partial charge in [0.2, 0.25) is 5.96 Å². The lowest BCUT2D eigenvalue weighted by atomic mass is 10.1. The first kappa shape index (κ1) is 12.3. The molecule has 0 fully saturated rings. The molecule has 0 amide bonds. The molecule has 0 spiro atoms. The molecule has 0 unspecified atom stereocenters. The molecule has 0 aromatic heterocycles. The molecule has 5 nitrogen and oxygen atoms in total. The zero-order valence-corrected chi connectivity index (χ0v) is 9.50. The zero-order chi connectivity index (χ0) is 10.8. The second kappa shape index (κ2) is 4.85. The van der Waals surface area contributed by atoms with E-state index in [-0.39, 0.29) is 18.4 Å². The van der Waals surface area contributed by atoms with Gasteiger partial charge in [-0.25, -0.2) is 5.01 Å². The van der Waals surface area contributed by atoms with Crippen LogP contribution in [0.3, 0.4) is 0 Å². The lowest BCUT2D eigenvalue weighted by Gasteiger charge is -2.08. The lowest BCUT2D eigenvalue weighted by molar-refractivity contribution is 0.482. The summed E-state index contributed by atoms with van der Waals surface area (Å²) in [6, 6.07) is 7.58. The second-order valence-corrected chi connectivity index (χ2v) is 3.39. The maximum atomic E-state index is 7.26. The van der Waals surface area contributed by atoms with Crippen molar-refractivity contribution in [1.82, 2.24) is 5.01 Å². The number of para-hydroxylation sites is 1. The molecule has 1 aromatic rings. The summed E-state index contributed by atoms with van der Waals surface area (Å²) in [4.78, 5) is 0. The van der Waals surface area contributed by atoms with Gasteiger partial charge < -0.3 is 11.5 Å². The summed E-state index contributed by atoms with van der Waals surface area (Å²) in [6.45, 7) is 0.652. The molecule has 1 aliphatic heterocycles. The number of nitrogens with zero attached hydrogens (tertiary/aromatic N) is 2. The third-order valence-corrected chi connectivity index (χ3v) is 2.35. The largest absolute Gasteiger partial charge is 0.398 e. The molecule has 1 aromatic carbocycles. The van der Waals surface area contributed by atoms with Crippen LogP contribution in [0.2, 0.25) is 0 Å². The van der Waals surface area contributed by atoms with Crippen molar-refractivity contribution in [2.75, 3.05) is 12.3 Å². The normalized spacial score (nSPS) is 14.2. The van der Waals surface area contributed by atoms with E-state index in [9.17, 15) is 0 Å². The van der Waals surface area contributed by atoms with Crippen LogP contribution in [0.25, 0.3) is 0 Å². The van der Waals surface area contributed by atoms with E-state index in [0.29, 0.717) is 12.2 Å². The molecular formula is C10H14ClN5. The Labute approximate surface area is 100 Å². The van der Waals surface area contributed by atoms with Gasteiger partial charge in [-0.15, -0.1) is 12.4 Å². The van der Waals surface area contributed by atoms with Crippen molar-refractivity contribution in [2.24, 2.45) is 10.8 Å². The minimum absolute atomic E-state index is 0. The predicted molar refractivity (Wildman–Crippen MR) is 67.9 cm³/mol. The number of nitrogens with two attached hydrogens (primary N) is 2. The molecule has 0 saturated heterocycles. The van der Waals surface area contributed by atoms with E-state index in [1.54, 1.807) is 0 Å². The minimum atomic E-state index is -0.0282.